The van der Waals surface area contributed by atoms with Crippen LogP contribution in [0.2, 0.25) is 5.02 Å². The number of rotatable bonds is 5. The molecule has 0 aliphatic heterocycles. The molecule has 2 aromatic heterocycles. The topological polar surface area (TPSA) is 73.2 Å². The zero-order valence-electron chi connectivity index (χ0n) is 14.6. The van der Waals surface area contributed by atoms with E-state index in [-0.39, 0.29) is 11.5 Å². The molecule has 0 atom stereocenters. The molecule has 0 unspecified atom stereocenters. The number of aryl methyl sites for hydroxylation is 2. The molecule has 1 amide bonds. The Labute approximate surface area is 159 Å². The summed E-state index contributed by atoms with van der Waals surface area (Å²) in [5.41, 5.74) is 0.981. The Balaban J connectivity index is 2.02. The van der Waals surface area contributed by atoms with Crippen molar-refractivity contribution in [1.82, 2.24) is 9.55 Å². The number of carbonyl (C=O) groups excluding carboxylic acids is 1. The molecule has 0 aliphatic carbocycles. The van der Waals surface area contributed by atoms with Crippen LogP contribution in [-0.4, -0.2) is 22.6 Å². The third-order valence-corrected chi connectivity index (χ3v) is 5.43. The Morgan fingerprint density at radius 2 is 2.19 bits per heavy atom. The van der Waals surface area contributed by atoms with Gasteiger partial charge < -0.3 is 10.1 Å². The summed E-state index contributed by atoms with van der Waals surface area (Å²) in [4.78, 5) is 30.7. The smallest absolute Gasteiger partial charge is 0.266 e. The molecule has 0 fully saturated rings. The number of hydrogen-bond donors (Lipinski definition) is 1. The molecule has 0 bridgehead atoms. The monoisotopic (exact) mass is 391 g/mol. The highest BCUT2D eigenvalue weighted by atomic mass is 35.5. The zero-order valence-corrected chi connectivity index (χ0v) is 16.2. The predicted molar refractivity (Wildman–Crippen MR) is 105 cm³/mol. The van der Waals surface area contributed by atoms with Gasteiger partial charge >= 0.3 is 0 Å². The van der Waals surface area contributed by atoms with Crippen molar-refractivity contribution < 1.29 is 9.53 Å². The summed E-state index contributed by atoms with van der Waals surface area (Å²) in [5, 5.41) is 3.78. The van der Waals surface area contributed by atoms with E-state index in [2.05, 4.69) is 10.3 Å². The Morgan fingerprint density at radius 3 is 2.88 bits per heavy atom. The van der Waals surface area contributed by atoms with Crippen LogP contribution in [-0.2, 0) is 6.54 Å². The van der Waals surface area contributed by atoms with Gasteiger partial charge in [0.25, 0.3) is 11.5 Å². The molecule has 6 nitrogen and oxygen atoms in total. The van der Waals surface area contributed by atoms with Gasteiger partial charge in [-0.3, -0.25) is 14.2 Å². The predicted octanol–water partition coefficient (Wildman–Crippen LogP) is 4.09. The summed E-state index contributed by atoms with van der Waals surface area (Å²) in [6.07, 6.45) is 2.37. The molecule has 0 spiro atoms. The second kappa shape index (κ2) is 7.47. The van der Waals surface area contributed by atoms with E-state index in [0.29, 0.717) is 43.7 Å². The molecule has 136 valence electrons. The number of halogens is 1. The molecular weight excluding hydrogens is 374 g/mol. The number of anilines is 1. The molecule has 0 saturated heterocycles. The van der Waals surface area contributed by atoms with E-state index in [4.69, 9.17) is 16.3 Å². The van der Waals surface area contributed by atoms with Crippen molar-refractivity contribution >= 4 is 44.7 Å². The number of hydrogen-bond acceptors (Lipinski definition) is 5. The number of amides is 1. The summed E-state index contributed by atoms with van der Waals surface area (Å²) in [7, 11) is 1.52. The van der Waals surface area contributed by atoms with Gasteiger partial charge in [0.1, 0.15) is 10.6 Å². The van der Waals surface area contributed by atoms with Gasteiger partial charge in [-0.2, -0.15) is 0 Å². The standard InChI is InChI=1S/C18H18ClN3O3S/c1-4-7-22-9-20-17-14(18(22)24)10(2)15(26-17)16(23)21-12-8-11(19)5-6-13(12)25-3/h5-6,8-9H,4,7H2,1-3H3,(H,21,23). The maximum absolute atomic E-state index is 12.8. The fourth-order valence-electron chi connectivity index (χ4n) is 2.73. The fourth-order valence-corrected chi connectivity index (χ4v) is 3.94. The van der Waals surface area contributed by atoms with Crippen LogP contribution in [0.4, 0.5) is 5.69 Å². The van der Waals surface area contributed by atoms with Crippen molar-refractivity contribution in [2.75, 3.05) is 12.4 Å². The van der Waals surface area contributed by atoms with Gasteiger partial charge in [-0.05, 0) is 37.1 Å². The van der Waals surface area contributed by atoms with Gasteiger partial charge in [0.2, 0.25) is 0 Å². The highest BCUT2D eigenvalue weighted by molar-refractivity contribution is 7.20. The number of aromatic nitrogens is 2. The number of fused-ring (bicyclic) bond motifs is 1. The Kier molecular flexibility index (Phi) is 5.29. The number of carbonyl (C=O) groups is 1. The first kappa shape index (κ1) is 18.4. The zero-order chi connectivity index (χ0) is 18.8. The summed E-state index contributed by atoms with van der Waals surface area (Å²) >= 11 is 7.21. The van der Waals surface area contributed by atoms with Gasteiger partial charge in [0.15, 0.2) is 0 Å². The molecule has 0 saturated carbocycles. The third kappa shape index (κ3) is 3.32. The lowest BCUT2D eigenvalue weighted by Gasteiger charge is -2.10. The second-order valence-electron chi connectivity index (χ2n) is 5.78. The van der Waals surface area contributed by atoms with Crippen molar-refractivity contribution in [3.8, 4) is 5.75 Å². The minimum Gasteiger partial charge on any atom is -0.495 e. The SMILES string of the molecule is CCCn1cnc2sc(C(=O)Nc3cc(Cl)ccc3OC)c(C)c2c1=O. The average molecular weight is 392 g/mol. The van der Waals surface area contributed by atoms with Crippen LogP contribution >= 0.6 is 22.9 Å². The first-order valence-corrected chi connectivity index (χ1v) is 9.29. The lowest BCUT2D eigenvalue weighted by Crippen LogP contribution is -2.20. The molecule has 26 heavy (non-hydrogen) atoms. The van der Waals surface area contributed by atoms with Crippen molar-refractivity contribution in [2.45, 2.75) is 26.8 Å². The number of benzene rings is 1. The van der Waals surface area contributed by atoms with Gasteiger partial charge in [0, 0.05) is 11.6 Å². The lowest BCUT2D eigenvalue weighted by molar-refractivity contribution is 0.102. The van der Waals surface area contributed by atoms with E-state index in [0.717, 1.165) is 6.42 Å². The molecule has 1 N–H and O–H groups in total. The van der Waals surface area contributed by atoms with Crippen molar-refractivity contribution in [2.24, 2.45) is 0 Å². The molecule has 3 aromatic rings. The van der Waals surface area contributed by atoms with Gasteiger partial charge in [0.05, 0.1) is 29.4 Å². The minimum absolute atomic E-state index is 0.120. The molecular formula is C18H18ClN3O3S. The van der Waals surface area contributed by atoms with Gasteiger partial charge in [-0.1, -0.05) is 18.5 Å². The molecule has 1 aromatic carbocycles. The molecule has 2 heterocycles. The van der Waals surface area contributed by atoms with Crippen LogP contribution < -0.4 is 15.6 Å². The maximum atomic E-state index is 12.8. The molecule has 8 heteroatoms. The number of ether oxygens (including phenoxy) is 1. The summed E-state index contributed by atoms with van der Waals surface area (Å²) < 4.78 is 6.83. The van der Waals surface area contributed by atoms with Crippen LogP contribution in [0.15, 0.2) is 29.3 Å². The van der Waals surface area contributed by atoms with Gasteiger partial charge in [-0.25, -0.2) is 4.98 Å². The second-order valence-corrected chi connectivity index (χ2v) is 7.21. The lowest BCUT2D eigenvalue weighted by atomic mass is 10.2. The van der Waals surface area contributed by atoms with E-state index in [1.54, 1.807) is 29.7 Å². The van der Waals surface area contributed by atoms with E-state index in [1.165, 1.54) is 24.8 Å². The Hall–Kier alpha value is -2.38. The van der Waals surface area contributed by atoms with Crippen LogP contribution in [0.1, 0.15) is 28.6 Å². The average Bonchev–Trinajstić information content (AvgIpc) is 2.95. The first-order valence-electron chi connectivity index (χ1n) is 8.09. The quantitative estimate of drug-likeness (QED) is 0.710. The fraction of sp³-hybridized carbons (Fsp3) is 0.278. The van der Waals surface area contributed by atoms with E-state index in [9.17, 15) is 9.59 Å². The van der Waals surface area contributed by atoms with Crippen molar-refractivity contribution in [3.05, 3.63) is 50.3 Å². The minimum atomic E-state index is -0.326. The third-order valence-electron chi connectivity index (χ3n) is 4.00. The molecule has 3 rings (SSSR count). The van der Waals surface area contributed by atoms with Crippen LogP contribution in [0.25, 0.3) is 10.2 Å². The van der Waals surface area contributed by atoms with Crippen LogP contribution in [0.3, 0.4) is 0 Å². The number of nitrogens with zero attached hydrogens (tertiary/aromatic N) is 2. The molecule has 0 aliphatic rings. The van der Waals surface area contributed by atoms with Crippen molar-refractivity contribution in [1.29, 1.82) is 0 Å². The number of nitrogens with one attached hydrogen (secondary N) is 1. The summed E-state index contributed by atoms with van der Waals surface area (Å²) in [6.45, 7) is 4.36. The highest BCUT2D eigenvalue weighted by Crippen LogP contribution is 2.31. The highest BCUT2D eigenvalue weighted by Gasteiger charge is 2.20. The number of thiophene rings is 1. The maximum Gasteiger partial charge on any atom is 0.266 e. The van der Waals surface area contributed by atoms with Gasteiger partial charge in [-0.15, -0.1) is 11.3 Å². The molecule has 0 radical (unpaired) electrons. The van der Waals surface area contributed by atoms with Crippen LogP contribution in [0.5, 0.6) is 5.75 Å². The largest absolute Gasteiger partial charge is 0.495 e. The Morgan fingerprint density at radius 1 is 1.42 bits per heavy atom. The summed E-state index contributed by atoms with van der Waals surface area (Å²) in [6, 6.07) is 4.98. The van der Waals surface area contributed by atoms with Crippen LogP contribution in [0, 0.1) is 6.92 Å². The van der Waals surface area contributed by atoms with E-state index < -0.39 is 0 Å². The normalized spacial score (nSPS) is 10.9. The van der Waals surface area contributed by atoms with Crippen molar-refractivity contribution in [3.63, 3.8) is 0 Å². The Bertz CT molecular complexity index is 1040. The van der Waals surface area contributed by atoms with E-state index >= 15 is 0 Å². The first-order chi connectivity index (χ1) is 12.5. The number of methoxy groups -OCH3 is 1. The van der Waals surface area contributed by atoms with E-state index in [1.807, 2.05) is 6.92 Å². The summed E-state index contributed by atoms with van der Waals surface area (Å²) in [5.74, 6) is 0.178.